The monoisotopic (exact) mass is 430 g/mol. The van der Waals surface area contributed by atoms with Crippen molar-refractivity contribution in [3.8, 4) is 5.75 Å². The molecule has 2 heterocycles. The van der Waals surface area contributed by atoms with Gasteiger partial charge >= 0.3 is 5.69 Å². The molecule has 1 saturated heterocycles. The Morgan fingerprint density at radius 2 is 1.90 bits per heavy atom. The molecular formula is C21H30N6O4. The number of aromatic nitrogens is 2. The summed E-state index contributed by atoms with van der Waals surface area (Å²) in [7, 11) is 0. The van der Waals surface area contributed by atoms with Crippen LogP contribution in [0.3, 0.4) is 0 Å². The highest BCUT2D eigenvalue weighted by molar-refractivity contribution is 5.73. The number of nitrogens with zero attached hydrogens (tertiary/aromatic N) is 4. The summed E-state index contributed by atoms with van der Waals surface area (Å²) < 4.78 is 11.0. The minimum Gasteiger partial charge on any atom is -0.494 e. The van der Waals surface area contributed by atoms with Crippen LogP contribution in [-0.4, -0.2) is 65.8 Å². The molecule has 1 aliphatic rings. The standard InChI is InChI=1S/C21H30N6O4/c1-2-3-13-31-18-7-5-17(6-8-18)25-21-19(27(28)29)20(23-16-24-21)22-9-4-10-26-11-14-30-15-12-26/h5-8,16H,2-4,9-15H2,1H3,(H2,22,23,24,25). The van der Waals surface area contributed by atoms with Gasteiger partial charge < -0.3 is 20.1 Å². The van der Waals surface area contributed by atoms with Crippen molar-refractivity contribution < 1.29 is 14.4 Å². The first kappa shape index (κ1) is 22.7. The molecule has 0 radical (unpaired) electrons. The summed E-state index contributed by atoms with van der Waals surface area (Å²) in [6, 6.07) is 7.27. The zero-order valence-corrected chi connectivity index (χ0v) is 17.9. The average Bonchev–Trinajstić information content (AvgIpc) is 2.79. The number of nitrogens with one attached hydrogen (secondary N) is 2. The summed E-state index contributed by atoms with van der Waals surface area (Å²) >= 11 is 0. The molecule has 31 heavy (non-hydrogen) atoms. The second kappa shape index (κ2) is 12.0. The molecule has 0 aliphatic carbocycles. The van der Waals surface area contributed by atoms with Crippen molar-refractivity contribution in [1.82, 2.24) is 14.9 Å². The van der Waals surface area contributed by atoms with Crippen LogP contribution in [0, 0.1) is 10.1 Å². The van der Waals surface area contributed by atoms with Crippen LogP contribution in [0.5, 0.6) is 5.75 Å². The van der Waals surface area contributed by atoms with Crippen molar-refractivity contribution in [1.29, 1.82) is 0 Å². The van der Waals surface area contributed by atoms with E-state index in [-0.39, 0.29) is 17.3 Å². The number of morpholine rings is 1. The lowest BCUT2D eigenvalue weighted by Crippen LogP contribution is -2.37. The first-order valence-electron chi connectivity index (χ1n) is 10.7. The fraction of sp³-hybridized carbons (Fsp3) is 0.524. The lowest BCUT2D eigenvalue weighted by molar-refractivity contribution is -0.383. The van der Waals surface area contributed by atoms with Crippen LogP contribution >= 0.6 is 0 Å². The Bertz CT molecular complexity index is 827. The Morgan fingerprint density at radius 3 is 2.61 bits per heavy atom. The van der Waals surface area contributed by atoms with E-state index in [0.29, 0.717) is 18.8 Å². The van der Waals surface area contributed by atoms with Crippen LogP contribution < -0.4 is 15.4 Å². The molecule has 3 rings (SSSR count). The van der Waals surface area contributed by atoms with Crippen molar-refractivity contribution in [2.24, 2.45) is 0 Å². The largest absolute Gasteiger partial charge is 0.494 e. The van der Waals surface area contributed by atoms with Gasteiger partial charge in [-0.1, -0.05) is 13.3 Å². The molecule has 168 valence electrons. The number of hydrogen-bond acceptors (Lipinski definition) is 9. The molecule has 1 aliphatic heterocycles. The third-order valence-corrected chi connectivity index (χ3v) is 4.94. The number of benzene rings is 1. The fourth-order valence-corrected chi connectivity index (χ4v) is 3.21. The number of nitro groups is 1. The summed E-state index contributed by atoms with van der Waals surface area (Å²) in [5, 5.41) is 17.8. The quantitative estimate of drug-likeness (QED) is 0.297. The van der Waals surface area contributed by atoms with E-state index in [1.165, 1.54) is 6.33 Å². The summed E-state index contributed by atoms with van der Waals surface area (Å²) in [5.41, 5.74) is 0.514. The van der Waals surface area contributed by atoms with Gasteiger partial charge in [0.15, 0.2) is 0 Å². The maximum absolute atomic E-state index is 11.7. The normalized spacial score (nSPS) is 14.2. The predicted octanol–water partition coefficient (Wildman–Crippen LogP) is 3.44. The summed E-state index contributed by atoms with van der Waals surface area (Å²) in [6.45, 7) is 7.62. The van der Waals surface area contributed by atoms with Crippen LogP contribution in [0.15, 0.2) is 30.6 Å². The molecule has 0 bridgehead atoms. The van der Waals surface area contributed by atoms with Gasteiger partial charge in [0.2, 0.25) is 11.6 Å². The second-order valence-electron chi connectivity index (χ2n) is 7.26. The van der Waals surface area contributed by atoms with E-state index in [2.05, 4.69) is 32.4 Å². The molecular weight excluding hydrogens is 400 g/mol. The Kier molecular flexibility index (Phi) is 8.80. The zero-order valence-electron chi connectivity index (χ0n) is 17.9. The number of unbranched alkanes of at least 4 members (excludes halogenated alkanes) is 1. The van der Waals surface area contributed by atoms with Gasteiger partial charge in [0.1, 0.15) is 12.1 Å². The molecule has 2 N–H and O–H groups in total. The minimum absolute atomic E-state index is 0.148. The number of rotatable bonds is 12. The van der Waals surface area contributed by atoms with E-state index in [1.807, 2.05) is 24.3 Å². The second-order valence-corrected chi connectivity index (χ2v) is 7.26. The topological polar surface area (TPSA) is 115 Å². The van der Waals surface area contributed by atoms with Crippen molar-refractivity contribution in [3.63, 3.8) is 0 Å². The van der Waals surface area contributed by atoms with Crippen LogP contribution in [0.25, 0.3) is 0 Å². The summed E-state index contributed by atoms with van der Waals surface area (Å²) in [6.07, 6.45) is 4.24. The Hall–Kier alpha value is -2.98. The Balaban J connectivity index is 1.59. The highest BCUT2D eigenvalue weighted by atomic mass is 16.6. The average molecular weight is 431 g/mol. The maximum atomic E-state index is 11.7. The number of anilines is 3. The Morgan fingerprint density at radius 1 is 1.16 bits per heavy atom. The van der Waals surface area contributed by atoms with Crippen LogP contribution in [-0.2, 0) is 4.74 Å². The van der Waals surface area contributed by atoms with Crippen molar-refractivity contribution >= 4 is 23.0 Å². The molecule has 0 atom stereocenters. The molecule has 1 aromatic heterocycles. The highest BCUT2D eigenvalue weighted by Crippen LogP contribution is 2.31. The predicted molar refractivity (Wildman–Crippen MR) is 119 cm³/mol. The van der Waals surface area contributed by atoms with Crippen LogP contribution in [0.2, 0.25) is 0 Å². The number of hydrogen-bond donors (Lipinski definition) is 2. The van der Waals surface area contributed by atoms with Crippen molar-refractivity contribution in [2.45, 2.75) is 26.2 Å². The number of ether oxygens (including phenoxy) is 2. The van der Waals surface area contributed by atoms with Crippen molar-refractivity contribution in [2.75, 3.05) is 56.6 Å². The molecule has 1 aromatic carbocycles. The zero-order chi connectivity index (χ0) is 21.9. The van der Waals surface area contributed by atoms with Gasteiger partial charge in [0.05, 0.1) is 24.7 Å². The van der Waals surface area contributed by atoms with E-state index in [0.717, 1.165) is 57.9 Å². The molecule has 0 spiro atoms. The van der Waals surface area contributed by atoms with E-state index in [4.69, 9.17) is 9.47 Å². The lowest BCUT2D eigenvalue weighted by Gasteiger charge is -2.26. The van der Waals surface area contributed by atoms with Gasteiger partial charge in [-0.15, -0.1) is 0 Å². The van der Waals surface area contributed by atoms with Gasteiger partial charge in [-0.2, -0.15) is 0 Å². The van der Waals surface area contributed by atoms with Gasteiger partial charge in [-0.3, -0.25) is 15.0 Å². The van der Waals surface area contributed by atoms with Crippen molar-refractivity contribution in [3.05, 3.63) is 40.7 Å². The van der Waals surface area contributed by atoms with Gasteiger partial charge in [-0.25, -0.2) is 9.97 Å². The molecule has 0 unspecified atom stereocenters. The molecule has 0 saturated carbocycles. The maximum Gasteiger partial charge on any atom is 0.353 e. The fourth-order valence-electron chi connectivity index (χ4n) is 3.21. The smallest absolute Gasteiger partial charge is 0.353 e. The van der Waals surface area contributed by atoms with E-state index < -0.39 is 4.92 Å². The molecule has 10 heteroatoms. The third kappa shape index (κ3) is 7.04. The first-order chi connectivity index (χ1) is 15.2. The van der Waals surface area contributed by atoms with E-state index >= 15 is 0 Å². The minimum atomic E-state index is -0.463. The summed E-state index contributed by atoms with van der Waals surface area (Å²) in [5.74, 6) is 1.12. The Labute approximate surface area is 182 Å². The molecule has 10 nitrogen and oxygen atoms in total. The van der Waals surface area contributed by atoms with E-state index in [1.54, 1.807) is 0 Å². The van der Waals surface area contributed by atoms with E-state index in [9.17, 15) is 10.1 Å². The highest BCUT2D eigenvalue weighted by Gasteiger charge is 2.23. The van der Waals surface area contributed by atoms with Gasteiger partial charge in [0, 0.05) is 25.3 Å². The lowest BCUT2D eigenvalue weighted by atomic mass is 10.3. The molecule has 2 aromatic rings. The SMILES string of the molecule is CCCCOc1ccc(Nc2ncnc(NCCCN3CCOCC3)c2[N+](=O)[O-])cc1. The first-order valence-corrected chi connectivity index (χ1v) is 10.7. The van der Waals surface area contributed by atoms with Crippen LogP contribution in [0.4, 0.5) is 23.0 Å². The van der Waals surface area contributed by atoms with Gasteiger partial charge in [0.25, 0.3) is 0 Å². The molecule has 1 fully saturated rings. The van der Waals surface area contributed by atoms with Gasteiger partial charge in [-0.05, 0) is 43.7 Å². The van der Waals surface area contributed by atoms with Crippen LogP contribution in [0.1, 0.15) is 26.2 Å². The summed E-state index contributed by atoms with van der Waals surface area (Å²) in [4.78, 5) is 21.7. The third-order valence-electron chi connectivity index (χ3n) is 4.94. The molecule has 0 amide bonds.